The van der Waals surface area contributed by atoms with Gasteiger partial charge in [0.05, 0.1) is 0 Å². The number of Topliss-reactive ketones (excluding diaryl/α,β-unsaturated/α-hetero) is 1. The SMILES string of the molecule is CC[C@@]12CCC(=O)C[C@@H]1C=Cc1c(C)cccc12. The Hall–Kier alpha value is -1.37. The summed E-state index contributed by atoms with van der Waals surface area (Å²) in [5, 5.41) is 0. The molecule has 0 aromatic heterocycles. The number of allylic oxidation sites excluding steroid dienone is 1. The maximum atomic E-state index is 11.7. The zero-order valence-corrected chi connectivity index (χ0v) is 11.2. The maximum Gasteiger partial charge on any atom is 0.133 e. The lowest BCUT2D eigenvalue weighted by atomic mass is 9.58. The predicted molar refractivity (Wildman–Crippen MR) is 74.5 cm³/mol. The number of rotatable bonds is 1. The van der Waals surface area contributed by atoms with Gasteiger partial charge in [0.2, 0.25) is 0 Å². The van der Waals surface area contributed by atoms with E-state index in [4.69, 9.17) is 0 Å². The summed E-state index contributed by atoms with van der Waals surface area (Å²) in [6, 6.07) is 6.62. The maximum absolute atomic E-state index is 11.7. The van der Waals surface area contributed by atoms with Crippen LogP contribution in [0.2, 0.25) is 0 Å². The van der Waals surface area contributed by atoms with Crippen molar-refractivity contribution in [3.8, 4) is 0 Å². The molecule has 0 saturated heterocycles. The van der Waals surface area contributed by atoms with Crippen LogP contribution >= 0.6 is 0 Å². The predicted octanol–water partition coefficient (Wildman–Crippen LogP) is 4.04. The third-order valence-corrected chi connectivity index (χ3v) is 4.99. The van der Waals surface area contributed by atoms with Crippen LogP contribution in [-0.4, -0.2) is 5.78 Å². The molecule has 1 nitrogen and oxygen atoms in total. The Labute approximate surface area is 109 Å². The van der Waals surface area contributed by atoms with Crippen molar-refractivity contribution in [2.24, 2.45) is 5.92 Å². The number of carbonyl (C=O) groups is 1. The Bertz CT molecular complexity index is 526. The quantitative estimate of drug-likeness (QED) is 0.724. The molecule has 0 spiro atoms. The van der Waals surface area contributed by atoms with E-state index < -0.39 is 0 Å². The van der Waals surface area contributed by atoms with E-state index >= 15 is 0 Å². The van der Waals surface area contributed by atoms with E-state index in [2.05, 4.69) is 44.2 Å². The van der Waals surface area contributed by atoms with Gasteiger partial charge in [-0.1, -0.05) is 37.3 Å². The first-order valence-electron chi connectivity index (χ1n) is 6.97. The zero-order chi connectivity index (χ0) is 12.8. The van der Waals surface area contributed by atoms with Gasteiger partial charge in [-0.3, -0.25) is 4.79 Å². The smallest absolute Gasteiger partial charge is 0.133 e. The van der Waals surface area contributed by atoms with Crippen molar-refractivity contribution in [1.82, 2.24) is 0 Å². The van der Waals surface area contributed by atoms with Crippen molar-refractivity contribution in [3.05, 3.63) is 41.0 Å². The van der Waals surface area contributed by atoms with Gasteiger partial charge in [-0.2, -0.15) is 0 Å². The number of aryl methyl sites for hydroxylation is 1. The minimum atomic E-state index is 0.212. The first-order valence-corrected chi connectivity index (χ1v) is 6.97. The molecule has 18 heavy (non-hydrogen) atoms. The minimum Gasteiger partial charge on any atom is -0.300 e. The highest BCUT2D eigenvalue weighted by atomic mass is 16.1. The van der Waals surface area contributed by atoms with Gasteiger partial charge >= 0.3 is 0 Å². The highest BCUT2D eigenvalue weighted by molar-refractivity contribution is 5.81. The fourth-order valence-electron chi connectivity index (χ4n) is 3.86. The van der Waals surface area contributed by atoms with E-state index in [1.165, 1.54) is 16.7 Å². The zero-order valence-electron chi connectivity index (χ0n) is 11.2. The number of hydrogen-bond acceptors (Lipinski definition) is 1. The molecular weight excluding hydrogens is 220 g/mol. The van der Waals surface area contributed by atoms with Gasteiger partial charge in [0.25, 0.3) is 0 Å². The third kappa shape index (κ3) is 1.50. The van der Waals surface area contributed by atoms with Crippen molar-refractivity contribution in [3.63, 3.8) is 0 Å². The van der Waals surface area contributed by atoms with Gasteiger partial charge in [0.1, 0.15) is 5.78 Å². The molecule has 2 atom stereocenters. The second kappa shape index (κ2) is 4.08. The number of benzene rings is 1. The molecule has 1 aromatic rings. The van der Waals surface area contributed by atoms with Gasteiger partial charge < -0.3 is 0 Å². The van der Waals surface area contributed by atoms with Gasteiger partial charge in [-0.25, -0.2) is 0 Å². The fraction of sp³-hybridized carbons (Fsp3) is 0.471. The molecule has 0 radical (unpaired) electrons. The lowest BCUT2D eigenvalue weighted by Crippen LogP contribution is -2.41. The third-order valence-electron chi connectivity index (χ3n) is 4.99. The first-order chi connectivity index (χ1) is 8.67. The van der Waals surface area contributed by atoms with Crippen molar-refractivity contribution < 1.29 is 4.79 Å². The lowest BCUT2D eigenvalue weighted by Gasteiger charge is -2.45. The van der Waals surface area contributed by atoms with Crippen LogP contribution in [0.15, 0.2) is 24.3 Å². The highest BCUT2D eigenvalue weighted by Crippen LogP contribution is 2.50. The molecule has 1 heteroatoms. The molecule has 0 amide bonds. The van der Waals surface area contributed by atoms with Gasteiger partial charge in [0.15, 0.2) is 0 Å². The summed E-state index contributed by atoms with van der Waals surface area (Å²) >= 11 is 0. The second-order valence-corrected chi connectivity index (χ2v) is 5.75. The summed E-state index contributed by atoms with van der Waals surface area (Å²) in [5.74, 6) is 0.850. The number of fused-ring (bicyclic) bond motifs is 3. The van der Waals surface area contributed by atoms with E-state index in [1.807, 2.05) is 0 Å². The lowest BCUT2D eigenvalue weighted by molar-refractivity contribution is -0.122. The summed E-state index contributed by atoms with van der Waals surface area (Å²) in [5.41, 5.74) is 4.44. The number of hydrogen-bond donors (Lipinski definition) is 0. The Morgan fingerprint density at radius 1 is 1.39 bits per heavy atom. The van der Waals surface area contributed by atoms with Gasteiger partial charge in [0, 0.05) is 18.3 Å². The van der Waals surface area contributed by atoms with Crippen LogP contribution in [0.25, 0.3) is 6.08 Å². The van der Waals surface area contributed by atoms with Crippen molar-refractivity contribution in [1.29, 1.82) is 0 Å². The molecule has 0 heterocycles. The average molecular weight is 240 g/mol. The van der Waals surface area contributed by atoms with Crippen molar-refractivity contribution in [2.45, 2.75) is 44.9 Å². The first kappa shape index (κ1) is 11.7. The summed E-state index contributed by atoms with van der Waals surface area (Å²) in [6.07, 6.45) is 8.17. The topological polar surface area (TPSA) is 17.1 Å². The van der Waals surface area contributed by atoms with Crippen LogP contribution in [0.4, 0.5) is 0 Å². The van der Waals surface area contributed by atoms with Crippen molar-refractivity contribution >= 4 is 11.9 Å². The molecule has 0 aliphatic heterocycles. The molecule has 0 N–H and O–H groups in total. The minimum absolute atomic E-state index is 0.212. The summed E-state index contributed by atoms with van der Waals surface area (Å²) in [7, 11) is 0. The molecule has 0 unspecified atom stereocenters. The molecule has 2 aliphatic rings. The van der Waals surface area contributed by atoms with Crippen LogP contribution in [-0.2, 0) is 10.2 Å². The normalized spacial score (nSPS) is 29.9. The Balaban J connectivity index is 2.18. The van der Waals surface area contributed by atoms with E-state index in [1.54, 1.807) is 0 Å². The van der Waals surface area contributed by atoms with Crippen LogP contribution in [0.3, 0.4) is 0 Å². The molecule has 0 bridgehead atoms. The van der Waals surface area contributed by atoms with E-state index in [0.717, 1.165) is 25.7 Å². The average Bonchev–Trinajstić information content (AvgIpc) is 2.38. The second-order valence-electron chi connectivity index (χ2n) is 5.75. The molecule has 1 aromatic carbocycles. The van der Waals surface area contributed by atoms with E-state index in [-0.39, 0.29) is 5.41 Å². The monoisotopic (exact) mass is 240 g/mol. The molecular formula is C17H20O. The molecule has 2 aliphatic carbocycles. The summed E-state index contributed by atoms with van der Waals surface area (Å²) in [4.78, 5) is 11.7. The molecule has 3 rings (SSSR count). The molecule has 94 valence electrons. The van der Waals surface area contributed by atoms with Gasteiger partial charge in [-0.05, 0) is 42.4 Å². The standard InChI is InChI=1S/C17H20O/c1-3-17-10-9-14(18)11-13(17)7-8-15-12(2)5-4-6-16(15)17/h4-8,13H,3,9-11H2,1-2H3/t13-,17+/m0/s1. The fourth-order valence-corrected chi connectivity index (χ4v) is 3.86. The Kier molecular flexibility index (Phi) is 2.65. The Morgan fingerprint density at radius 3 is 3.00 bits per heavy atom. The largest absolute Gasteiger partial charge is 0.300 e. The summed E-state index contributed by atoms with van der Waals surface area (Å²) < 4.78 is 0. The highest BCUT2D eigenvalue weighted by Gasteiger charge is 2.44. The number of ketones is 1. The van der Waals surface area contributed by atoms with Crippen LogP contribution in [0.1, 0.15) is 49.3 Å². The Morgan fingerprint density at radius 2 is 2.22 bits per heavy atom. The number of carbonyl (C=O) groups excluding carboxylic acids is 1. The molecule has 1 fully saturated rings. The van der Waals surface area contributed by atoms with E-state index in [9.17, 15) is 4.79 Å². The van der Waals surface area contributed by atoms with Crippen LogP contribution in [0.5, 0.6) is 0 Å². The summed E-state index contributed by atoms with van der Waals surface area (Å²) in [6.45, 7) is 4.45. The van der Waals surface area contributed by atoms with Crippen LogP contribution in [0, 0.1) is 12.8 Å². The van der Waals surface area contributed by atoms with Crippen LogP contribution < -0.4 is 0 Å². The molecule has 1 saturated carbocycles. The van der Waals surface area contributed by atoms with Gasteiger partial charge in [-0.15, -0.1) is 0 Å². The van der Waals surface area contributed by atoms with Crippen molar-refractivity contribution in [2.75, 3.05) is 0 Å². The van der Waals surface area contributed by atoms with E-state index in [0.29, 0.717) is 11.7 Å².